The highest BCUT2D eigenvalue weighted by Gasteiger charge is 2.37. The molecule has 1 saturated carbocycles. The number of hydrogen-bond donors (Lipinski definition) is 2. The lowest BCUT2D eigenvalue weighted by atomic mass is 9.64. The summed E-state index contributed by atoms with van der Waals surface area (Å²) in [5.74, 6) is 1.71. The Morgan fingerprint density at radius 3 is 2.74 bits per heavy atom. The lowest BCUT2D eigenvalue weighted by Gasteiger charge is -2.42. The molecule has 1 fully saturated rings. The normalized spacial score (nSPS) is 17.0. The van der Waals surface area contributed by atoms with Gasteiger partial charge in [0.2, 0.25) is 0 Å². The fraction of sp³-hybridized carbons (Fsp3) is 0.684. The molecule has 1 aromatic rings. The fourth-order valence-corrected chi connectivity index (χ4v) is 3.43. The van der Waals surface area contributed by atoms with Gasteiger partial charge in [0.25, 0.3) is 0 Å². The zero-order valence-corrected chi connectivity index (χ0v) is 14.9. The van der Waals surface area contributed by atoms with Gasteiger partial charge in [0.05, 0.1) is 0 Å². The van der Waals surface area contributed by atoms with Crippen molar-refractivity contribution < 1.29 is 0 Å². The van der Waals surface area contributed by atoms with Crippen LogP contribution < -0.4 is 10.6 Å². The van der Waals surface area contributed by atoms with Crippen LogP contribution in [0.1, 0.15) is 52.0 Å². The predicted octanol–water partition coefficient (Wildman–Crippen LogP) is 3.40. The van der Waals surface area contributed by atoms with Crippen LogP contribution in [0.25, 0.3) is 0 Å². The molecule has 0 bridgehead atoms. The first-order valence-electron chi connectivity index (χ1n) is 9.05. The summed E-state index contributed by atoms with van der Waals surface area (Å²) in [6.45, 7) is 9.49. The van der Waals surface area contributed by atoms with E-state index in [9.17, 15) is 0 Å². The Hall–Kier alpha value is -1.58. The van der Waals surface area contributed by atoms with Gasteiger partial charge in [0, 0.05) is 32.0 Å². The van der Waals surface area contributed by atoms with Crippen molar-refractivity contribution in [2.75, 3.05) is 19.6 Å². The van der Waals surface area contributed by atoms with Crippen LogP contribution in [0.2, 0.25) is 0 Å². The lowest BCUT2D eigenvalue weighted by molar-refractivity contribution is 0.111. The number of hydrogen-bond acceptors (Lipinski definition) is 2. The molecule has 1 heterocycles. The number of guanidine groups is 1. The minimum absolute atomic E-state index is 0.458. The molecule has 4 nitrogen and oxygen atoms in total. The molecule has 0 spiro atoms. The van der Waals surface area contributed by atoms with Crippen molar-refractivity contribution in [3.63, 3.8) is 0 Å². The second kappa shape index (κ2) is 8.90. The molecule has 2 rings (SSSR count). The Bertz CT molecular complexity index is 477. The van der Waals surface area contributed by atoms with Crippen LogP contribution in [-0.4, -0.2) is 30.6 Å². The fourth-order valence-electron chi connectivity index (χ4n) is 3.43. The molecule has 0 aromatic carbocycles. The highest BCUT2D eigenvalue weighted by atomic mass is 15.2. The second-order valence-corrected chi connectivity index (χ2v) is 7.18. The van der Waals surface area contributed by atoms with E-state index in [1.54, 1.807) is 0 Å². The molecule has 1 aliphatic carbocycles. The van der Waals surface area contributed by atoms with Gasteiger partial charge in [-0.15, -0.1) is 0 Å². The van der Waals surface area contributed by atoms with Gasteiger partial charge in [-0.2, -0.15) is 0 Å². The predicted molar refractivity (Wildman–Crippen MR) is 97.7 cm³/mol. The third-order valence-corrected chi connectivity index (χ3v) is 4.60. The number of aromatic nitrogens is 1. The van der Waals surface area contributed by atoms with E-state index < -0.39 is 0 Å². The van der Waals surface area contributed by atoms with Crippen LogP contribution >= 0.6 is 0 Å². The summed E-state index contributed by atoms with van der Waals surface area (Å²) in [4.78, 5) is 9.03. The van der Waals surface area contributed by atoms with E-state index in [1.807, 2.05) is 18.5 Å². The van der Waals surface area contributed by atoms with Crippen molar-refractivity contribution >= 4 is 5.96 Å². The van der Waals surface area contributed by atoms with Crippen LogP contribution in [0.15, 0.2) is 29.5 Å². The Kier molecular flexibility index (Phi) is 6.87. The van der Waals surface area contributed by atoms with Crippen molar-refractivity contribution in [2.24, 2.45) is 16.3 Å². The largest absolute Gasteiger partial charge is 0.357 e. The molecule has 2 N–H and O–H groups in total. The molecular formula is C19H32N4. The van der Waals surface area contributed by atoms with Crippen LogP contribution in [0.3, 0.4) is 0 Å². The maximum Gasteiger partial charge on any atom is 0.191 e. The Balaban J connectivity index is 1.84. The summed E-state index contributed by atoms with van der Waals surface area (Å²) in [6.07, 6.45) is 10.1. The van der Waals surface area contributed by atoms with Gasteiger partial charge in [0.15, 0.2) is 5.96 Å². The van der Waals surface area contributed by atoms with Gasteiger partial charge in [-0.05, 0) is 55.6 Å². The number of aliphatic imine (C=N–C) groups is 1. The van der Waals surface area contributed by atoms with Crippen LogP contribution in [-0.2, 0) is 6.42 Å². The van der Waals surface area contributed by atoms with Gasteiger partial charge < -0.3 is 10.6 Å². The quantitative estimate of drug-likeness (QED) is 0.571. The SMILES string of the molecule is CCNC(=NCC1(CC(C)C)CCC1)NCCc1cccnc1. The van der Waals surface area contributed by atoms with Gasteiger partial charge >= 0.3 is 0 Å². The van der Waals surface area contributed by atoms with E-state index in [0.717, 1.165) is 37.9 Å². The van der Waals surface area contributed by atoms with Crippen molar-refractivity contribution in [3.8, 4) is 0 Å². The molecule has 1 aromatic heterocycles. The number of rotatable bonds is 8. The average Bonchev–Trinajstić information content (AvgIpc) is 2.50. The first kappa shape index (κ1) is 17.8. The zero-order chi connectivity index (χ0) is 16.5. The Labute approximate surface area is 141 Å². The van der Waals surface area contributed by atoms with E-state index in [-0.39, 0.29) is 0 Å². The summed E-state index contributed by atoms with van der Waals surface area (Å²) in [5, 5.41) is 6.82. The molecule has 0 aliphatic heterocycles. The third kappa shape index (κ3) is 5.85. The molecular weight excluding hydrogens is 284 g/mol. The minimum atomic E-state index is 0.458. The molecule has 128 valence electrons. The van der Waals surface area contributed by atoms with Gasteiger partial charge in [-0.3, -0.25) is 9.98 Å². The molecule has 23 heavy (non-hydrogen) atoms. The molecule has 0 amide bonds. The standard InChI is InChI=1S/C19H32N4/c1-4-21-18(22-12-8-17-7-5-11-20-14-17)23-15-19(9-6-10-19)13-16(2)3/h5,7,11,14,16H,4,6,8-10,12-13,15H2,1-3H3,(H2,21,22,23). The molecule has 0 atom stereocenters. The van der Waals surface area contributed by atoms with E-state index in [4.69, 9.17) is 4.99 Å². The van der Waals surface area contributed by atoms with Crippen LogP contribution in [0.4, 0.5) is 0 Å². The highest BCUT2D eigenvalue weighted by molar-refractivity contribution is 5.79. The maximum absolute atomic E-state index is 4.87. The summed E-state index contributed by atoms with van der Waals surface area (Å²) in [5.41, 5.74) is 1.71. The monoisotopic (exact) mass is 316 g/mol. The van der Waals surface area contributed by atoms with Crippen molar-refractivity contribution in [1.29, 1.82) is 0 Å². The molecule has 0 radical (unpaired) electrons. The number of nitrogens with one attached hydrogen (secondary N) is 2. The summed E-state index contributed by atoms with van der Waals surface area (Å²) in [7, 11) is 0. The zero-order valence-electron chi connectivity index (χ0n) is 14.9. The lowest BCUT2D eigenvalue weighted by Crippen LogP contribution is -2.41. The number of pyridine rings is 1. The highest BCUT2D eigenvalue weighted by Crippen LogP contribution is 2.46. The van der Waals surface area contributed by atoms with E-state index in [2.05, 4.69) is 42.5 Å². The van der Waals surface area contributed by atoms with E-state index in [1.165, 1.54) is 31.2 Å². The first-order valence-corrected chi connectivity index (χ1v) is 9.05. The molecule has 0 saturated heterocycles. The van der Waals surface area contributed by atoms with Crippen LogP contribution in [0.5, 0.6) is 0 Å². The topological polar surface area (TPSA) is 49.3 Å². The van der Waals surface area contributed by atoms with Gasteiger partial charge in [-0.25, -0.2) is 0 Å². The third-order valence-electron chi connectivity index (χ3n) is 4.60. The maximum atomic E-state index is 4.87. The van der Waals surface area contributed by atoms with Crippen LogP contribution in [0, 0.1) is 11.3 Å². The van der Waals surface area contributed by atoms with Gasteiger partial charge in [0.1, 0.15) is 0 Å². The molecule has 0 unspecified atom stereocenters. The first-order chi connectivity index (χ1) is 11.1. The van der Waals surface area contributed by atoms with E-state index in [0.29, 0.717) is 5.41 Å². The molecule has 1 aliphatic rings. The van der Waals surface area contributed by atoms with Crippen molar-refractivity contribution in [3.05, 3.63) is 30.1 Å². The second-order valence-electron chi connectivity index (χ2n) is 7.18. The summed E-state index contributed by atoms with van der Waals surface area (Å²) >= 11 is 0. The summed E-state index contributed by atoms with van der Waals surface area (Å²) in [6, 6.07) is 4.10. The average molecular weight is 316 g/mol. The van der Waals surface area contributed by atoms with Gasteiger partial charge in [-0.1, -0.05) is 26.3 Å². The minimum Gasteiger partial charge on any atom is -0.357 e. The Morgan fingerprint density at radius 2 is 2.17 bits per heavy atom. The van der Waals surface area contributed by atoms with Crippen molar-refractivity contribution in [1.82, 2.24) is 15.6 Å². The smallest absolute Gasteiger partial charge is 0.191 e. The number of nitrogens with zero attached hydrogens (tertiary/aromatic N) is 2. The molecule has 4 heteroatoms. The van der Waals surface area contributed by atoms with Crippen molar-refractivity contribution in [2.45, 2.75) is 52.9 Å². The van der Waals surface area contributed by atoms with E-state index >= 15 is 0 Å². The summed E-state index contributed by atoms with van der Waals surface area (Å²) < 4.78 is 0. The Morgan fingerprint density at radius 1 is 1.35 bits per heavy atom.